The van der Waals surface area contributed by atoms with Crippen molar-refractivity contribution >= 4 is 0 Å². The van der Waals surface area contributed by atoms with Crippen LogP contribution in [0.2, 0.25) is 0 Å². The van der Waals surface area contributed by atoms with Gasteiger partial charge in [0.15, 0.2) is 0 Å². The minimum atomic E-state index is 0.912. The molecule has 0 spiro atoms. The first-order chi connectivity index (χ1) is 9.31. The molecule has 0 fully saturated rings. The summed E-state index contributed by atoms with van der Waals surface area (Å²) in [6, 6.07) is 8.69. The molecule has 1 aromatic carbocycles. The van der Waals surface area contributed by atoms with E-state index in [-0.39, 0.29) is 0 Å². The Kier molecular flexibility index (Phi) is 5.16. The fraction of sp³-hybridized carbons (Fsp3) is 0.438. The zero-order valence-electron chi connectivity index (χ0n) is 11.9. The second kappa shape index (κ2) is 7.10. The second-order valence-corrected chi connectivity index (χ2v) is 4.87. The zero-order chi connectivity index (χ0) is 13.5. The number of aryl methyl sites for hydroxylation is 1. The molecule has 0 saturated carbocycles. The van der Waals surface area contributed by atoms with Crippen molar-refractivity contribution in [1.29, 1.82) is 0 Å². The summed E-state index contributed by atoms with van der Waals surface area (Å²) in [7, 11) is 0. The van der Waals surface area contributed by atoms with Crippen LogP contribution in [-0.4, -0.2) is 22.6 Å². The first-order valence-electron chi connectivity index (χ1n) is 7.06. The molecule has 0 aliphatic heterocycles. The van der Waals surface area contributed by atoms with Crippen LogP contribution < -0.4 is 5.32 Å². The van der Waals surface area contributed by atoms with Gasteiger partial charge in [-0.2, -0.15) is 0 Å². The summed E-state index contributed by atoms with van der Waals surface area (Å²) >= 11 is 0. The minimum Gasteiger partial charge on any atom is -0.331 e. The van der Waals surface area contributed by atoms with Crippen molar-refractivity contribution in [2.45, 2.75) is 33.2 Å². The molecule has 0 saturated heterocycles. The molecule has 2 rings (SSSR count). The molecule has 19 heavy (non-hydrogen) atoms. The number of aromatic nitrogens is 2. The van der Waals surface area contributed by atoms with E-state index >= 15 is 0 Å². The highest BCUT2D eigenvalue weighted by Gasteiger charge is 2.04. The van der Waals surface area contributed by atoms with Crippen molar-refractivity contribution in [1.82, 2.24) is 14.9 Å². The number of nitrogens with one attached hydrogen (secondary N) is 1. The molecule has 2 aromatic rings. The van der Waals surface area contributed by atoms with Gasteiger partial charge in [0.1, 0.15) is 5.82 Å². The lowest BCUT2D eigenvalue weighted by Crippen LogP contribution is -2.18. The minimum absolute atomic E-state index is 0.912. The molecular formula is C16H23N3. The average molecular weight is 257 g/mol. The van der Waals surface area contributed by atoms with Gasteiger partial charge >= 0.3 is 0 Å². The van der Waals surface area contributed by atoms with Crippen molar-refractivity contribution in [3.63, 3.8) is 0 Å². The highest BCUT2D eigenvalue weighted by molar-refractivity contribution is 5.28. The van der Waals surface area contributed by atoms with Crippen molar-refractivity contribution in [2.24, 2.45) is 0 Å². The van der Waals surface area contributed by atoms with E-state index in [0.717, 1.165) is 31.9 Å². The van der Waals surface area contributed by atoms with Gasteiger partial charge in [0.05, 0.1) is 0 Å². The summed E-state index contributed by atoms with van der Waals surface area (Å²) in [4.78, 5) is 4.28. The topological polar surface area (TPSA) is 29.9 Å². The Labute approximate surface area is 115 Å². The lowest BCUT2D eigenvalue weighted by molar-refractivity contribution is 0.665. The molecule has 102 valence electrons. The summed E-state index contributed by atoms with van der Waals surface area (Å²) in [6.07, 6.45) is 6.18. The standard InChI is InChI=1S/C16H23N3/c1-3-9-17-10-8-15-6-4-5-7-16(15)13-19-12-11-18-14(19)2/h4-7,11-12,17H,3,8-10,13H2,1-2H3. The normalized spacial score (nSPS) is 10.8. The van der Waals surface area contributed by atoms with Crippen LogP contribution in [0.15, 0.2) is 36.7 Å². The predicted octanol–water partition coefficient (Wildman–Crippen LogP) is 2.78. The molecular weight excluding hydrogens is 234 g/mol. The second-order valence-electron chi connectivity index (χ2n) is 4.87. The monoisotopic (exact) mass is 257 g/mol. The number of imidazole rings is 1. The Bertz CT molecular complexity index is 502. The van der Waals surface area contributed by atoms with E-state index in [9.17, 15) is 0 Å². The molecule has 0 aliphatic carbocycles. The third-order valence-corrected chi connectivity index (χ3v) is 3.38. The maximum absolute atomic E-state index is 4.28. The van der Waals surface area contributed by atoms with Gasteiger partial charge in [-0.1, -0.05) is 31.2 Å². The van der Waals surface area contributed by atoms with E-state index < -0.39 is 0 Å². The summed E-state index contributed by atoms with van der Waals surface area (Å²) in [5.41, 5.74) is 2.82. The fourth-order valence-corrected chi connectivity index (χ4v) is 2.23. The highest BCUT2D eigenvalue weighted by atomic mass is 15.0. The maximum atomic E-state index is 4.28. The molecule has 0 radical (unpaired) electrons. The van der Waals surface area contributed by atoms with Crippen molar-refractivity contribution in [3.8, 4) is 0 Å². The summed E-state index contributed by atoms with van der Waals surface area (Å²) in [5, 5.41) is 3.46. The molecule has 0 unspecified atom stereocenters. The fourth-order valence-electron chi connectivity index (χ4n) is 2.23. The molecule has 3 nitrogen and oxygen atoms in total. The molecule has 0 bridgehead atoms. The lowest BCUT2D eigenvalue weighted by atomic mass is 10.0. The molecule has 1 heterocycles. The SMILES string of the molecule is CCCNCCc1ccccc1Cn1ccnc1C. The van der Waals surface area contributed by atoms with Gasteiger partial charge in [-0.05, 0) is 44.0 Å². The Morgan fingerprint density at radius 1 is 1.16 bits per heavy atom. The quantitative estimate of drug-likeness (QED) is 0.773. The molecule has 1 aromatic heterocycles. The Hall–Kier alpha value is -1.61. The van der Waals surface area contributed by atoms with E-state index in [2.05, 4.69) is 46.1 Å². The number of hydrogen-bond acceptors (Lipinski definition) is 2. The Morgan fingerprint density at radius 2 is 1.95 bits per heavy atom. The first-order valence-corrected chi connectivity index (χ1v) is 7.06. The highest BCUT2D eigenvalue weighted by Crippen LogP contribution is 2.12. The summed E-state index contributed by atoms with van der Waals surface area (Å²) in [5.74, 6) is 1.07. The van der Waals surface area contributed by atoms with Gasteiger partial charge < -0.3 is 9.88 Å². The number of rotatable bonds is 7. The Balaban J connectivity index is 2.02. The van der Waals surface area contributed by atoms with Crippen LogP contribution in [0.3, 0.4) is 0 Å². The number of hydrogen-bond donors (Lipinski definition) is 1. The van der Waals surface area contributed by atoms with Gasteiger partial charge in [0, 0.05) is 18.9 Å². The maximum Gasteiger partial charge on any atom is 0.105 e. The van der Waals surface area contributed by atoms with Crippen molar-refractivity contribution < 1.29 is 0 Å². The average Bonchev–Trinajstić information content (AvgIpc) is 2.82. The largest absolute Gasteiger partial charge is 0.331 e. The van der Waals surface area contributed by atoms with Crippen LogP contribution in [-0.2, 0) is 13.0 Å². The van der Waals surface area contributed by atoms with E-state index in [4.69, 9.17) is 0 Å². The van der Waals surface area contributed by atoms with Gasteiger partial charge in [-0.15, -0.1) is 0 Å². The summed E-state index contributed by atoms with van der Waals surface area (Å²) < 4.78 is 2.19. The third-order valence-electron chi connectivity index (χ3n) is 3.38. The molecule has 0 atom stereocenters. The third kappa shape index (κ3) is 3.93. The van der Waals surface area contributed by atoms with E-state index in [0.29, 0.717) is 0 Å². The van der Waals surface area contributed by atoms with Crippen molar-refractivity contribution in [2.75, 3.05) is 13.1 Å². The summed E-state index contributed by atoms with van der Waals surface area (Å²) in [6.45, 7) is 7.31. The Morgan fingerprint density at radius 3 is 2.63 bits per heavy atom. The van der Waals surface area contributed by atoms with Crippen LogP contribution >= 0.6 is 0 Å². The van der Waals surface area contributed by atoms with Gasteiger partial charge in [0.25, 0.3) is 0 Å². The van der Waals surface area contributed by atoms with Crippen LogP contribution in [0, 0.1) is 6.92 Å². The predicted molar refractivity (Wildman–Crippen MR) is 79.4 cm³/mol. The van der Waals surface area contributed by atoms with Crippen LogP contribution in [0.5, 0.6) is 0 Å². The molecule has 1 N–H and O–H groups in total. The smallest absolute Gasteiger partial charge is 0.105 e. The van der Waals surface area contributed by atoms with Gasteiger partial charge in [-0.25, -0.2) is 4.98 Å². The zero-order valence-corrected chi connectivity index (χ0v) is 11.9. The van der Waals surface area contributed by atoms with Gasteiger partial charge in [-0.3, -0.25) is 0 Å². The van der Waals surface area contributed by atoms with E-state index in [1.165, 1.54) is 17.5 Å². The van der Waals surface area contributed by atoms with Gasteiger partial charge in [0.2, 0.25) is 0 Å². The number of benzene rings is 1. The lowest BCUT2D eigenvalue weighted by Gasteiger charge is -2.11. The molecule has 3 heteroatoms. The number of nitrogens with zero attached hydrogens (tertiary/aromatic N) is 2. The molecule has 0 amide bonds. The van der Waals surface area contributed by atoms with Crippen LogP contribution in [0.1, 0.15) is 30.3 Å². The van der Waals surface area contributed by atoms with E-state index in [1.807, 2.05) is 19.3 Å². The van der Waals surface area contributed by atoms with Crippen LogP contribution in [0.4, 0.5) is 0 Å². The molecule has 0 aliphatic rings. The van der Waals surface area contributed by atoms with E-state index in [1.54, 1.807) is 0 Å². The van der Waals surface area contributed by atoms with Crippen LogP contribution in [0.25, 0.3) is 0 Å². The first kappa shape index (κ1) is 13.8. The van der Waals surface area contributed by atoms with Crippen molar-refractivity contribution in [3.05, 3.63) is 53.6 Å².